The molecule has 0 aromatic rings. The van der Waals surface area contributed by atoms with Gasteiger partial charge in [0.1, 0.15) is 0 Å². The maximum Gasteiger partial charge on any atom is 0.0117 e. The molecule has 0 amide bonds. The molecule has 138 valence electrons. The normalized spacial score (nSPS) is 9.41. The molecule has 2 heteroatoms. The molecule has 0 bridgehead atoms. The Labute approximate surface area is 143 Å². The van der Waals surface area contributed by atoms with Crippen LogP contribution in [0.15, 0.2) is 11.8 Å². The SMILES string of the molecule is CC.CC.CC.CCCCCC/C(=C/NNC)CCCCC. The summed E-state index contributed by atoms with van der Waals surface area (Å²) in [7, 11) is 1.91. The second kappa shape index (κ2) is 37.1. The van der Waals surface area contributed by atoms with Crippen molar-refractivity contribution in [3.8, 4) is 0 Å². The van der Waals surface area contributed by atoms with Crippen molar-refractivity contribution in [3.63, 3.8) is 0 Å². The molecule has 2 N–H and O–H groups in total. The van der Waals surface area contributed by atoms with Crippen molar-refractivity contribution in [1.82, 2.24) is 10.9 Å². The van der Waals surface area contributed by atoms with Gasteiger partial charge >= 0.3 is 0 Å². The molecule has 0 aromatic heterocycles. The average molecular weight is 317 g/mol. The Bertz CT molecular complexity index is 165. The van der Waals surface area contributed by atoms with Gasteiger partial charge < -0.3 is 5.43 Å². The van der Waals surface area contributed by atoms with Crippen LogP contribution in [0.1, 0.15) is 113 Å². The average Bonchev–Trinajstić information content (AvgIpc) is 2.61. The molecule has 0 aliphatic carbocycles. The Morgan fingerprint density at radius 3 is 1.50 bits per heavy atom. The summed E-state index contributed by atoms with van der Waals surface area (Å²) < 4.78 is 0. The Kier molecular flexibility index (Phi) is 49.7. The van der Waals surface area contributed by atoms with Gasteiger partial charge in [-0.2, -0.15) is 0 Å². The number of nitrogens with one attached hydrogen (secondary N) is 2. The summed E-state index contributed by atoms with van der Waals surface area (Å²) in [5.74, 6) is 0. The van der Waals surface area contributed by atoms with E-state index in [1.165, 1.54) is 57.8 Å². The Morgan fingerprint density at radius 2 is 1.09 bits per heavy atom. The summed E-state index contributed by atoms with van der Waals surface area (Å²) in [6, 6.07) is 0. The fraction of sp³-hybridized carbons (Fsp3) is 0.900. The van der Waals surface area contributed by atoms with Crippen molar-refractivity contribution in [2.24, 2.45) is 0 Å². The van der Waals surface area contributed by atoms with Gasteiger partial charge in [-0.1, -0.05) is 93.1 Å². The first-order chi connectivity index (χ1) is 10.8. The third-order valence-corrected chi connectivity index (χ3v) is 2.87. The van der Waals surface area contributed by atoms with Crippen LogP contribution in [0.4, 0.5) is 0 Å². The van der Waals surface area contributed by atoms with E-state index in [1.54, 1.807) is 5.57 Å². The summed E-state index contributed by atoms with van der Waals surface area (Å²) in [5.41, 5.74) is 7.64. The predicted octanol–water partition coefficient (Wildman–Crippen LogP) is 7.22. The van der Waals surface area contributed by atoms with E-state index in [0.717, 1.165) is 0 Å². The highest BCUT2D eigenvalue weighted by atomic mass is 15.3. The number of unbranched alkanes of at least 4 members (excludes halogenated alkanes) is 5. The van der Waals surface area contributed by atoms with E-state index >= 15 is 0 Å². The second-order valence-corrected chi connectivity index (χ2v) is 4.46. The fourth-order valence-electron chi connectivity index (χ4n) is 1.82. The molecule has 0 fully saturated rings. The van der Waals surface area contributed by atoms with Gasteiger partial charge in [0, 0.05) is 13.2 Å². The van der Waals surface area contributed by atoms with Gasteiger partial charge in [-0.15, -0.1) is 0 Å². The second-order valence-electron chi connectivity index (χ2n) is 4.46. The van der Waals surface area contributed by atoms with Crippen LogP contribution in [0.3, 0.4) is 0 Å². The van der Waals surface area contributed by atoms with E-state index in [4.69, 9.17) is 0 Å². The first-order valence-electron chi connectivity index (χ1n) is 9.95. The van der Waals surface area contributed by atoms with Crippen molar-refractivity contribution in [2.45, 2.75) is 113 Å². The van der Waals surface area contributed by atoms with Gasteiger partial charge in [-0.25, -0.2) is 5.43 Å². The summed E-state index contributed by atoms with van der Waals surface area (Å²) in [6.07, 6.45) is 14.1. The molecule has 0 aliphatic rings. The lowest BCUT2D eigenvalue weighted by molar-refractivity contribution is 0.625. The monoisotopic (exact) mass is 316 g/mol. The van der Waals surface area contributed by atoms with Crippen LogP contribution < -0.4 is 10.9 Å². The lowest BCUT2D eigenvalue weighted by atomic mass is 10.0. The standard InChI is InChI=1S/C14H30N2.3C2H6/c1-4-6-8-10-12-14(13-16-15-3)11-9-7-5-2;3*1-2/h13,15-16H,4-12H2,1-3H3;3*1-2H3/b14-13+;;;. The molecule has 0 saturated carbocycles. The van der Waals surface area contributed by atoms with Crippen LogP contribution in [0, 0.1) is 0 Å². The van der Waals surface area contributed by atoms with Crippen LogP contribution in [0.5, 0.6) is 0 Å². The molecule has 0 atom stereocenters. The van der Waals surface area contributed by atoms with Crippen molar-refractivity contribution < 1.29 is 0 Å². The van der Waals surface area contributed by atoms with Crippen LogP contribution in [-0.2, 0) is 0 Å². The van der Waals surface area contributed by atoms with E-state index in [2.05, 4.69) is 30.9 Å². The predicted molar refractivity (Wildman–Crippen MR) is 107 cm³/mol. The van der Waals surface area contributed by atoms with Crippen molar-refractivity contribution in [2.75, 3.05) is 7.05 Å². The maximum atomic E-state index is 3.10. The zero-order valence-corrected chi connectivity index (χ0v) is 17.4. The lowest BCUT2D eigenvalue weighted by Gasteiger charge is -2.08. The first kappa shape index (κ1) is 29.5. The maximum absolute atomic E-state index is 3.10. The summed E-state index contributed by atoms with van der Waals surface area (Å²) in [5, 5.41) is 0. The first-order valence-corrected chi connectivity index (χ1v) is 9.95. The minimum Gasteiger partial charge on any atom is -0.329 e. The molecule has 0 radical (unpaired) electrons. The highest BCUT2D eigenvalue weighted by Gasteiger charge is 1.98. The third kappa shape index (κ3) is 31.7. The molecule has 0 unspecified atom stereocenters. The van der Waals surface area contributed by atoms with Crippen LogP contribution in [0.25, 0.3) is 0 Å². The highest BCUT2D eigenvalue weighted by Crippen LogP contribution is 2.16. The highest BCUT2D eigenvalue weighted by molar-refractivity contribution is 5.00. The minimum absolute atomic E-state index is 1.26. The number of hydrogen-bond acceptors (Lipinski definition) is 2. The molecule has 0 heterocycles. The smallest absolute Gasteiger partial charge is 0.0117 e. The number of hydrogen-bond donors (Lipinski definition) is 2. The van der Waals surface area contributed by atoms with Crippen molar-refractivity contribution in [3.05, 3.63) is 11.8 Å². The molecule has 22 heavy (non-hydrogen) atoms. The fourth-order valence-corrected chi connectivity index (χ4v) is 1.82. The lowest BCUT2D eigenvalue weighted by Crippen LogP contribution is -2.21. The summed E-state index contributed by atoms with van der Waals surface area (Å²) in [4.78, 5) is 0. The molecule has 0 aromatic carbocycles. The van der Waals surface area contributed by atoms with Gasteiger partial charge in [-0.3, -0.25) is 0 Å². The zero-order valence-electron chi connectivity index (χ0n) is 17.4. The van der Waals surface area contributed by atoms with Crippen LogP contribution >= 0.6 is 0 Å². The molecule has 0 rings (SSSR count). The van der Waals surface area contributed by atoms with Gasteiger partial charge in [0.25, 0.3) is 0 Å². The Balaban J connectivity index is -0.000000238. The molecule has 0 spiro atoms. The molecule has 0 saturated heterocycles. The van der Waals surface area contributed by atoms with E-state index in [9.17, 15) is 0 Å². The van der Waals surface area contributed by atoms with Gasteiger partial charge in [-0.05, 0) is 25.7 Å². The van der Waals surface area contributed by atoms with E-state index in [-0.39, 0.29) is 0 Å². The zero-order chi connectivity index (χ0) is 18.1. The topological polar surface area (TPSA) is 24.1 Å². The van der Waals surface area contributed by atoms with Crippen molar-refractivity contribution >= 4 is 0 Å². The van der Waals surface area contributed by atoms with Gasteiger partial charge in [0.15, 0.2) is 0 Å². The van der Waals surface area contributed by atoms with Gasteiger partial charge in [0.05, 0.1) is 0 Å². The molecular formula is C20H48N2. The van der Waals surface area contributed by atoms with E-state index < -0.39 is 0 Å². The van der Waals surface area contributed by atoms with E-state index in [0.29, 0.717) is 0 Å². The summed E-state index contributed by atoms with van der Waals surface area (Å²) >= 11 is 0. The molecule has 0 aliphatic heterocycles. The Hall–Kier alpha value is -0.500. The largest absolute Gasteiger partial charge is 0.329 e. The molecular weight excluding hydrogens is 268 g/mol. The number of allylic oxidation sites excluding steroid dienone is 1. The van der Waals surface area contributed by atoms with Gasteiger partial charge in [0.2, 0.25) is 0 Å². The quantitative estimate of drug-likeness (QED) is 0.310. The van der Waals surface area contributed by atoms with Crippen LogP contribution in [-0.4, -0.2) is 7.05 Å². The number of rotatable bonds is 11. The number of hydrazine groups is 1. The Morgan fingerprint density at radius 1 is 0.682 bits per heavy atom. The minimum atomic E-state index is 1.26. The molecule has 2 nitrogen and oxygen atoms in total. The van der Waals surface area contributed by atoms with E-state index in [1.807, 2.05) is 48.6 Å². The third-order valence-electron chi connectivity index (χ3n) is 2.87. The van der Waals surface area contributed by atoms with Crippen molar-refractivity contribution in [1.29, 1.82) is 0 Å². The van der Waals surface area contributed by atoms with Crippen LogP contribution in [0.2, 0.25) is 0 Å². The summed E-state index contributed by atoms with van der Waals surface area (Å²) in [6.45, 7) is 16.5.